The molecule has 1 aliphatic carbocycles. The lowest BCUT2D eigenvalue weighted by Gasteiger charge is -2.29. The summed E-state index contributed by atoms with van der Waals surface area (Å²) in [6, 6.07) is 19.1. The Bertz CT molecular complexity index is 1200. The number of hydrogen-bond donors (Lipinski definition) is 2. The van der Waals surface area contributed by atoms with Crippen molar-refractivity contribution in [2.75, 3.05) is 5.32 Å². The van der Waals surface area contributed by atoms with Crippen LogP contribution in [0.1, 0.15) is 45.4 Å². The average Bonchev–Trinajstić information content (AvgIpc) is 3.10. The molecule has 0 saturated carbocycles. The Morgan fingerprint density at radius 3 is 2.29 bits per heavy atom. The van der Waals surface area contributed by atoms with Crippen molar-refractivity contribution in [3.05, 3.63) is 76.2 Å². The summed E-state index contributed by atoms with van der Waals surface area (Å²) in [5.74, 6) is 0.0650. The van der Waals surface area contributed by atoms with Crippen molar-refractivity contribution >= 4 is 43.8 Å². The van der Waals surface area contributed by atoms with Crippen molar-refractivity contribution < 1.29 is 4.79 Å². The predicted octanol–water partition coefficient (Wildman–Crippen LogP) is 5.79. The second-order valence-corrected chi connectivity index (χ2v) is 8.80. The maximum absolute atomic E-state index is 13.1. The molecular formula is C24H20N2OS. The van der Waals surface area contributed by atoms with E-state index in [9.17, 15) is 4.79 Å². The van der Waals surface area contributed by atoms with Gasteiger partial charge in [0.2, 0.25) is 0 Å². The Morgan fingerprint density at radius 1 is 0.857 bits per heavy atom. The molecule has 2 N–H and O–H groups in total. The van der Waals surface area contributed by atoms with Crippen molar-refractivity contribution in [2.24, 2.45) is 0 Å². The molecule has 0 fully saturated rings. The standard InChI is InChI=1S/C24H20N2OS/c27-23-21-18-11-5-6-12-19(18)28-24(21)26-22(25-23)20-16-9-3-1-7-14(16)13-15-8-2-4-10-17(15)20/h1-4,7-10,13,22,26H,5-6,11-12H2,(H,25,27)/t22-/m0/s1. The smallest absolute Gasteiger partial charge is 0.256 e. The summed E-state index contributed by atoms with van der Waals surface area (Å²) >= 11 is 1.78. The fourth-order valence-corrected chi connectivity index (χ4v) is 6.10. The van der Waals surface area contributed by atoms with Crippen molar-refractivity contribution in [3.63, 3.8) is 0 Å². The van der Waals surface area contributed by atoms with Crippen LogP contribution in [0.5, 0.6) is 0 Å². The van der Waals surface area contributed by atoms with Crippen LogP contribution in [0.25, 0.3) is 21.5 Å². The van der Waals surface area contributed by atoms with Gasteiger partial charge in [0, 0.05) is 10.4 Å². The number of fused-ring (bicyclic) bond motifs is 5. The Morgan fingerprint density at radius 2 is 1.54 bits per heavy atom. The van der Waals surface area contributed by atoms with E-state index in [4.69, 9.17) is 0 Å². The summed E-state index contributed by atoms with van der Waals surface area (Å²) < 4.78 is 0. The van der Waals surface area contributed by atoms with Gasteiger partial charge in [0.05, 0.1) is 5.56 Å². The van der Waals surface area contributed by atoms with Crippen LogP contribution in [0.2, 0.25) is 0 Å². The van der Waals surface area contributed by atoms with E-state index in [2.05, 4.69) is 65.2 Å². The number of hydrogen-bond acceptors (Lipinski definition) is 3. The largest absolute Gasteiger partial charge is 0.353 e. The van der Waals surface area contributed by atoms with Gasteiger partial charge < -0.3 is 10.6 Å². The quantitative estimate of drug-likeness (QED) is 0.408. The third-order valence-corrected chi connectivity index (χ3v) is 7.27. The molecule has 1 aliphatic heterocycles. The summed E-state index contributed by atoms with van der Waals surface area (Å²) in [5.41, 5.74) is 3.32. The molecule has 2 aliphatic rings. The fourth-order valence-electron chi connectivity index (χ4n) is 4.78. The van der Waals surface area contributed by atoms with Gasteiger partial charge >= 0.3 is 0 Å². The van der Waals surface area contributed by atoms with E-state index in [0.29, 0.717) is 0 Å². The van der Waals surface area contributed by atoms with E-state index in [1.807, 2.05) is 0 Å². The van der Waals surface area contributed by atoms with Crippen LogP contribution < -0.4 is 10.6 Å². The summed E-state index contributed by atoms with van der Waals surface area (Å²) in [4.78, 5) is 14.5. The van der Waals surface area contributed by atoms with Crippen LogP contribution in [0.3, 0.4) is 0 Å². The molecule has 3 nitrogen and oxygen atoms in total. The number of nitrogens with one attached hydrogen (secondary N) is 2. The van der Waals surface area contributed by atoms with Crippen molar-refractivity contribution in [1.82, 2.24) is 5.32 Å². The maximum atomic E-state index is 13.1. The number of carbonyl (C=O) groups is 1. The third-order valence-electron chi connectivity index (χ3n) is 6.05. The number of carbonyl (C=O) groups excluding carboxylic acids is 1. The molecule has 0 unspecified atom stereocenters. The van der Waals surface area contributed by atoms with Crippen molar-refractivity contribution in [3.8, 4) is 0 Å². The monoisotopic (exact) mass is 384 g/mol. The lowest BCUT2D eigenvalue weighted by atomic mass is 9.92. The van der Waals surface area contributed by atoms with E-state index in [0.717, 1.165) is 29.0 Å². The Kier molecular flexibility index (Phi) is 3.50. The first-order valence-corrected chi connectivity index (χ1v) is 10.7. The number of amides is 1. The first-order chi connectivity index (χ1) is 13.8. The molecule has 1 atom stereocenters. The highest BCUT2D eigenvalue weighted by molar-refractivity contribution is 7.16. The molecule has 6 rings (SSSR count). The molecule has 2 heterocycles. The Labute approximate surface area is 167 Å². The molecule has 138 valence electrons. The van der Waals surface area contributed by atoms with Crippen molar-refractivity contribution in [2.45, 2.75) is 31.8 Å². The van der Waals surface area contributed by atoms with Gasteiger partial charge in [-0.15, -0.1) is 11.3 Å². The number of rotatable bonds is 1. The molecule has 3 aromatic carbocycles. The molecule has 0 saturated heterocycles. The average molecular weight is 385 g/mol. The van der Waals surface area contributed by atoms with Crippen LogP contribution in [0.4, 0.5) is 5.00 Å². The molecule has 28 heavy (non-hydrogen) atoms. The number of anilines is 1. The lowest BCUT2D eigenvalue weighted by molar-refractivity contribution is 0.0936. The molecule has 1 amide bonds. The molecule has 1 aromatic heterocycles. The first-order valence-electron chi connectivity index (χ1n) is 9.92. The van der Waals surface area contributed by atoms with Gasteiger partial charge in [0.15, 0.2) is 0 Å². The maximum Gasteiger partial charge on any atom is 0.256 e. The predicted molar refractivity (Wildman–Crippen MR) is 116 cm³/mol. The molecule has 4 heteroatoms. The van der Waals surface area contributed by atoms with Gasteiger partial charge in [-0.25, -0.2) is 0 Å². The minimum absolute atomic E-state index is 0.0650. The van der Waals surface area contributed by atoms with Crippen LogP contribution in [-0.2, 0) is 12.8 Å². The normalized spacial score (nSPS) is 18.4. The number of thiophene rings is 1. The fraction of sp³-hybridized carbons (Fsp3) is 0.208. The summed E-state index contributed by atoms with van der Waals surface area (Å²) in [6.45, 7) is 0. The lowest BCUT2D eigenvalue weighted by Crippen LogP contribution is -2.38. The van der Waals surface area contributed by atoms with Crippen LogP contribution in [-0.4, -0.2) is 5.91 Å². The summed E-state index contributed by atoms with van der Waals surface area (Å²) in [6.07, 6.45) is 4.31. The SMILES string of the molecule is O=C1N[C@H](c2c3ccccc3cc3ccccc23)Nc2sc3c(c21)CCCC3. The van der Waals surface area contributed by atoms with Gasteiger partial charge in [-0.05, 0) is 58.9 Å². The molecule has 0 bridgehead atoms. The number of benzene rings is 3. The summed E-state index contributed by atoms with van der Waals surface area (Å²) in [7, 11) is 0. The minimum atomic E-state index is -0.226. The topological polar surface area (TPSA) is 41.1 Å². The highest BCUT2D eigenvalue weighted by Crippen LogP contribution is 2.43. The van der Waals surface area contributed by atoms with Crippen LogP contribution >= 0.6 is 11.3 Å². The molecule has 0 spiro atoms. The van der Waals surface area contributed by atoms with Gasteiger partial charge in [-0.3, -0.25) is 4.79 Å². The van der Waals surface area contributed by atoms with E-state index < -0.39 is 0 Å². The second kappa shape index (κ2) is 6.08. The molecule has 4 aromatic rings. The molecule has 0 radical (unpaired) electrons. The van der Waals surface area contributed by atoms with Crippen LogP contribution in [0, 0.1) is 0 Å². The zero-order chi connectivity index (χ0) is 18.7. The van der Waals surface area contributed by atoms with E-state index in [1.54, 1.807) is 11.3 Å². The number of aryl methyl sites for hydroxylation is 1. The third kappa shape index (κ3) is 2.31. The zero-order valence-corrected chi connectivity index (χ0v) is 16.2. The van der Waals surface area contributed by atoms with E-state index in [-0.39, 0.29) is 12.1 Å². The highest BCUT2D eigenvalue weighted by atomic mass is 32.1. The van der Waals surface area contributed by atoms with Gasteiger partial charge in [-0.1, -0.05) is 48.5 Å². The van der Waals surface area contributed by atoms with Gasteiger partial charge in [0.1, 0.15) is 11.2 Å². The Hall–Kier alpha value is -2.85. The zero-order valence-electron chi connectivity index (χ0n) is 15.4. The Balaban J connectivity index is 1.56. The second-order valence-electron chi connectivity index (χ2n) is 7.70. The molecular weight excluding hydrogens is 364 g/mol. The summed E-state index contributed by atoms with van der Waals surface area (Å²) in [5, 5.41) is 12.7. The van der Waals surface area contributed by atoms with Crippen LogP contribution in [0.15, 0.2) is 54.6 Å². The van der Waals surface area contributed by atoms with E-state index >= 15 is 0 Å². The van der Waals surface area contributed by atoms with E-state index in [1.165, 1.54) is 44.8 Å². The van der Waals surface area contributed by atoms with Gasteiger partial charge in [-0.2, -0.15) is 0 Å². The van der Waals surface area contributed by atoms with Gasteiger partial charge in [0.25, 0.3) is 5.91 Å². The highest BCUT2D eigenvalue weighted by Gasteiger charge is 2.33. The minimum Gasteiger partial charge on any atom is -0.353 e. The van der Waals surface area contributed by atoms with Crippen molar-refractivity contribution in [1.29, 1.82) is 0 Å². The first kappa shape index (κ1) is 16.1.